The highest BCUT2D eigenvalue weighted by Gasteiger charge is 2.35. The Morgan fingerprint density at radius 3 is 2.54 bits per heavy atom. The summed E-state index contributed by atoms with van der Waals surface area (Å²) in [5.74, 6) is 0.622. The number of thioether (sulfide) groups is 1. The van der Waals surface area contributed by atoms with Crippen LogP contribution in [-0.4, -0.2) is 23.2 Å². The smallest absolute Gasteiger partial charge is 0.293 e. The van der Waals surface area contributed by atoms with Gasteiger partial charge in [0.2, 0.25) is 0 Å². The molecular weight excluding hydrogens is 596 g/mol. The van der Waals surface area contributed by atoms with E-state index in [2.05, 4.69) is 37.9 Å². The van der Waals surface area contributed by atoms with Gasteiger partial charge in [0, 0.05) is 4.47 Å². The van der Waals surface area contributed by atoms with Crippen molar-refractivity contribution in [2.45, 2.75) is 13.2 Å². The maximum Gasteiger partial charge on any atom is 0.293 e. The molecule has 0 aliphatic carbocycles. The summed E-state index contributed by atoms with van der Waals surface area (Å²) in [5, 5.41) is 8.92. The van der Waals surface area contributed by atoms with Crippen LogP contribution in [0.5, 0.6) is 11.5 Å². The van der Waals surface area contributed by atoms with Crippen molar-refractivity contribution in [3.63, 3.8) is 0 Å². The Morgan fingerprint density at radius 2 is 1.83 bits per heavy atom. The number of benzene rings is 3. The summed E-state index contributed by atoms with van der Waals surface area (Å²) < 4.78 is 13.1. The quantitative estimate of drug-likeness (QED) is 0.270. The number of halogens is 2. The second kappa shape index (κ2) is 11.1. The van der Waals surface area contributed by atoms with Crippen molar-refractivity contribution in [2.75, 3.05) is 7.11 Å². The molecule has 0 aromatic heterocycles. The molecule has 3 aromatic carbocycles. The molecule has 1 aliphatic heterocycles. The number of nitriles is 1. The summed E-state index contributed by atoms with van der Waals surface area (Å²) in [5.41, 5.74) is 2.73. The number of hydrogen-bond donors (Lipinski definition) is 0. The number of ether oxygens (including phenoxy) is 2. The number of amides is 2. The largest absolute Gasteiger partial charge is 0.493 e. The van der Waals surface area contributed by atoms with Gasteiger partial charge in [-0.2, -0.15) is 5.26 Å². The lowest BCUT2D eigenvalue weighted by molar-refractivity contribution is -0.123. The van der Waals surface area contributed by atoms with E-state index in [4.69, 9.17) is 9.47 Å². The zero-order valence-electron chi connectivity index (χ0n) is 18.5. The molecule has 6 nitrogen and oxygen atoms in total. The zero-order valence-corrected chi connectivity index (χ0v) is 22.4. The van der Waals surface area contributed by atoms with Gasteiger partial charge in [0.05, 0.1) is 34.7 Å². The molecule has 0 atom stereocenters. The summed E-state index contributed by atoms with van der Waals surface area (Å²) >= 11 is 7.81. The number of nitrogens with zero attached hydrogens (tertiary/aromatic N) is 2. The van der Waals surface area contributed by atoms with Gasteiger partial charge in [-0.3, -0.25) is 14.5 Å². The first-order valence-electron chi connectivity index (χ1n) is 10.4. The van der Waals surface area contributed by atoms with E-state index in [9.17, 15) is 14.9 Å². The van der Waals surface area contributed by atoms with Crippen molar-refractivity contribution in [1.82, 2.24) is 4.90 Å². The average molecular weight is 614 g/mol. The van der Waals surface area contributed by atoms with Gasteiger partial charge in [-0.25, -0.2) is 0 Å². The van der Waals surface area contributed by atoms with E-state index >= 15 is 0 Å². The third kappa shape index (κ3) is 5.78. The molecule has 9 heteroatoms. The van der Waals surface area contributed by atoms with E-state index in [1.165, 1.54) is 0 Å². The van der Waals surface area contributed by atoms with E-state index in [0.29, 0.717) is 44.2 Å². The Kier molecular flexibility index (Phi) is 7.96. The first kappa shape index (κ1) is 25.0. The molecule has 1 saturated heterocycles. The Hall–Kier alpha value is -3.06. The molecule has 0 saturated carbocycles. The maximum absolute atomic E-state index is 13.0. The van der Waals surface area contributed by atoms with Crippen molar-refractivity contribution in [3.05, 3.63) is 96.8 Å². The molecule has 2 amide bonds. The molecule has 0 N–H and O–H groups in total. The fourth-order valence-electron chi connectivity index (χ4n) is 3.42. The average Bonchev–Trinajstić information content (AvgIpc) is 3.11. The van der Waals surface area contributed by atoms with E-state index < -0.39 is 5.91 Å². The van der Waals surface area contributed by atoms with Crippen LogP contribution in [0.25, 0.3) is 6.08 Å². The maximum atomic E-state index is 13.0. The van der Waals surface area contributed by atoms with Crippen LogP contribution in [0, 0.1) is 11.3 Å². The molecule has 0 spiro atoms. The van der Waals surface area contributed by atoms with Gasteiger partial charge in [-0.1, -0.05) is 46.3 Å². The minimum Gasteiger partial charge on any atom is -0.493 e. The molecule has 3 aromatic rings. The van der Waals surface area contributed by atoms with Crippen LogP contribution in [0.2, 0.25) is 0 Å². The first-order chi connectivity index (χ1) is 16.9. The Labute approximate surface area is 223 Å². The minimum absolute atomic E-state index is 0.0432. The van der Waals surface area contributed by atoms with E-state index in [1.54, 1.807) is 49.6 Å². The topological polar surface area (TPSA) is 79.6 Å². The van der Waals surface area contributed by atoms with Crippen molar-refractivity contribution in [2.24, 2.45) is 0 Å². The number of carbonyl (C=O) groups is 2. The summed E-state index contributed by atoms with van der Waals surface area (Å²) in [4.78, 5) is 27.0. The lowest BCUT2D eigenvalue weighted by atomic mass is 10.1. The number of methoxy groups -OCH3 is 1. The van der Waals surface area contributed by atoms with Crippen LogP contribution in [0.4, 0.5) is 4.79 Å². The summed E-state index contributed by atoms with van der Waals surface area (Å²) in [6.45, 7) is 0.395. The molecule has 4 rings (SSSR count). The number of imide groups is 1. The number of carbonyl (C=O) groups excluding carboxylic acids is 2. The lowest BCUT2D eigenvalue weighted by Gasteiger charge is -2.14. The number of rotatable bonds is 7. The highest BCUT2D eigenvalue weighted by Crippen LogP contribution is 2.40. The molecule has 176 valence electrons. The van der Waals surface area contributed by atoms with Crippen molar-refractivity contribution in [3.8, 4) is 17.6 Å². The summed E-state index contributed by atoms with van der Waals surface area (Å²) in [6.07, 6.45) is 1.65. The Balaban J connectivity index is 1.54. The first-order valence-corrected chi connectivity index (χ1v) is 12.8. The Bertz CT molecular complexity index is 1370. The van der Waals surface area contributed by atoms with Gasteiger partial charge >= 0.3 is 0 Å². The predicted octanol–water partition coefficient (Wildman–Crippen LogP) is 6.91. The fourth-order valence-corrected chi connectivity index (χ4v) is 5.10. The van der Waals surface area contributed by atoms with Gasteiger partial charge in [0.1, 0.15) is 6.61 Å². The second-order valence-corrected chi connectivity index (χ2v) is 10.2. The summed E-state index contributed by atoms with van der Waals surface area (Å²) in [7, 11) is 1.54. The molecule has 1 heterocycles. The lowest BCUT2D eigenvalue weighted by Crippen LogP contribution is -2.27. The monoisotopic (exact) mass is 612 g/mol. The summed E-state index contributed by atoms with van der Waals surface area (Å²) in [6, 6.07) is 20.4. The van der Waals surface area contributed by atoms with Crippen LogP contribution in [-0.2, 0) is 17.9 Å². The Morgan fingerprint density at radius 1 is 1.09 bits per heavy atom. The van der Waals surface area contributed by atoms with Crippen LogP contribution in [0.15, 0.2) is 74.5 Å². The molecule has 0 radical (unpaired) electrons. The van der Waals surface area contributed by atoms with E-state index in [-0.39, 0.29) is 11.8 Å². The van der Waals surface area contributed by atoms with E-state index in [0.717, 1.165) is 26.7 Å². The molecule has 0 bridgehead atoms. The zero-order chi connectivity index (χ0) is 24.9. The van der Waals surface area contributed by atoms with Gasteiger partial charge in [0.25, 0.3) is 11.1 Å². The normalized spacial score (nSPS) is 14.3. The minimum atomic E-state index is -0.404. The molecule has 1 aliphatic rings. The van der Waals surface area contributed by atoms with Gasteiger partial charge in [0.15, 0.2) is 11.5 Å². The molecular formula is C26H18Br2N2O4S. The molecule has 0 unspecified atom stereocenters. The van der Waals surface area contributed by atoms with Gasteiger partial charge in [-0.05, 0) is 80.8 Å². The number of hydrogen-bond acceptors (Lipinski definition) is 6. The molecule has 35 heavy (non-hydrogen) atoms. The third-order valence-corrected chi connectivity index (χ3v) is 7.21. The van der Waals surface area contributed by atoms with Gasteiger partial charge in [-0.15, -0.1) is 0 Å². The highest BCUT2D eigenvalue weighted by molar-refractivity contribution is 9.10. The van der Waals surface area contributed by atoms with Crippen molar-refractivity contribution >= 4 is 60.8 Å². The van der Waals surface area contributed by atoms with Crippen molar-refractivity contribution in [1.29, 1.82) is 5.26 Å². The van der Waals surface area contributed by atoms with Crippen LogP contribution in [0.3, 0.4) is 0 Å². The fraction of sp³-hybridized carbons (Fsp3) is 0.115. The van der Waals surface area contributed by atoms with Crippen LogP contribution in [0.1, 0.15) is 22.3 Å². The SMILES string of the molecule is COc1cc(/C=C2/SC(=O)N(Cc3ccccc3C#N)C2=O)cc(Br)c1OCc1ccc(Br)cc1. The van der Waals surface area contributed by atoms with Crippen LogP contribution < -0.4 is 9.47 Å². The standard InChI is InChI=1S/C26H18Br2N2O4S/c1-33-22-11-17(10-21(28)24(22)34-15-16-6-8-20(27)9-7-16)12-23-25(31)30(26(32)35-23)14-19-5-3-2-4-18(19)13-29/h2-12H,14-15H2,1H3/b23-12+. The van der Waals surface area contributed by atoms with E-state index in [1.807, 2.05) is 24.3 Å². The predicted molar refractivity (Wildman–Crippen MR) is 142 cm³/mol. The van der Waals surface area contributed by atoms with Gasteiger partial charge < -0.3 is 9.47 Å². The highest BCUT2D eigenvalue weighted by atomic mass is 79.9. The molecule has 1 fully saturated rings. The second-order valence-electron chi connectivity index (χ2n) is 7.49. The van der Waals surface area contributed by atoms with Crippen LogP contribution >= 0.6 is 43.6 Å². The van der Waals surface area contributed by atoms with Crippen molar-refractivity contribution < 1.29 is 19.1 Å². The third-order valence-electron chi connectivity index (χ3n) is 5.19.